The predicted octanol–water partition coefficient (Wildman–Crippen LogP) is 5.39. The molecule has 0 aliphatic carbocycles. The average molecular weight is 394 g/mol. The Morgan fingerprint density at radius 2 is 1.96 bits per heavy atom. The normalized spacial score (nSPS) is 11.3. The van der Waals surface area contributed by atoms with E-state index in [1.54, 1.807) is 24.3 Å². The molecule has 2 aromatic carbocycles. The molecule has 0 saturated heterocycles. The van der Waals surface area contributed by atoms with Gasteiger partial charge in [-0.25, -0.2) is 4.39 Å². The molecular weight excluding hydrogens is 383 g/mol. The molecule has 6 heteroatoms. The van der Waals surface area contributed by atoms with Crippen molar-refractivity contribution >= 4 is 39.7 Å². The zero-order valence-electron chi connectivity index (χ0n) is 11.8. The second kappa shape index (κ2) is 7.06. The Bertz CT molecular complexity index is 863. The number of hydrogen-bond donors (Lipinski definition) is 0. The van der Waals surface area contributed by atoms with E-state index in [-0.39, 0.29) is 5.02 Å². The second-order valence-corrected chi connectivity index (χ2v) is 6.11. The molecule has 0 atom stereocenters. The summed E-state index contributed by atoms with van der Waals surface area (Å²) in [6.07, 6.45) is 3.79. The van der Waals surface area contributed by atoms with Crippen molar-refractivity contribution in [1.82, 2.24) is 10.2 Å². The smallest absolute Gasteiger partial charge is 0.240 e. The molecule has 0 radical (unpaired) electrons. The monoisotopic (exact) mass is 392 g/mol. The van der Waals surface area contributed by atoms with Crippen LogP contribution in [0, 0.1) is 5.82 Å². The van der Waals surface area contributed by atoms with Gasteiger partial charge in [-0.3, -0.25) is 0 Å². The van der Waals surface area contributed by atoms with Crippen LogP contribution in [0.5, 0.6) is 0 Å². The molecule has 0 spiro atoms. The number of nitrogens with zero attached hydrogens (tertiary/aromatic N) is 2. The molecule has 0 fully saturated rings. The van der Waals surface area contributed by atoms with Gasteiger partial charge in [0.2, 0.25) is 11.8 Å². The summed E-state index contributed by atoms with van der Waals surface area (Å²) in [4.78, 5) is 0. The lowest BCUT2D eigenvalue weighted by atomic mass is 10.1. The van der Waals surface area contributed by atoms with Crippen molar-refractivity contribution in [2.75, 3.05) is 0 Å². The third-order valence-corrected chi connectivity index (χ3v) is 4.01. The van der Waals surface area contributed by atoms with Gasteiger partial charge in [0.25, 0.3) is 0 Å². The molecule has 0 N–H and O–H groups in total. The molecule has 1 heterocycles. The molecule has 3 nitrogen and oxygen atoms in total. The Labute approximate surface area is 145 Å². The van der Waals surface area contributed by atoms with Gasteiger partial charge in [0.1, 0.15) is 5.82 Å². The minimum atomic E-state index is -0.463. The van der Waals surface area contributed by atoms with Crippen molar-refractivity contribution in [3.63, 3.8) is 0 Å². The van der Waals surface area contributed by atoms with Crippen LogP contribution in [0.3, 0.4) is 0 Å². The van der Waals surface area contributed by atoms with Crippen LogP contribution in [0.15, 0.2) is 51.4 Å². The molecule has 0 amide bonds. The minimum Gasteiger partial charge on any atom is -0.421 e. The van der Waals surface area contributed by atoms with Crippen molar-refractivity contribution in [1.29, 1.82) is 0 Å². The summed E-state index contributed by atoms with van der Waals surface area (Å²) in [6.45, 7) is 0. The lowest BCUT2D eigenvalue weighted by molar-refractivity contribution is 0.496. The van der Waals surface area contributed by atoms with E-state index in [1.165, 1.54) is 6.07 Å². The highest BCUT2D eigenvalue weighted by molar-refractivity contribution is 9.10. The van der Waals surface area contributed by atoms with Gasteiger partial charge in [0.15, 0.2) is 0 Å². The fourth-order valence-corrected chi connectivity index (χ4v) is 2.67. The lowest BCUT2D eigenvalue weighted by Crippen LogP contribution is -1.87. The Morgan fingerprint density at radius 3 is 2.78 bits per heavy atom. The van der Waals surface area contributed by atoms with Gasteiger partial charge < -0.3 is 4.42 Å². The van der Waals surface area contributed by atoms with Gasteiger partial charge in [0.05, 0.1) is 11.4 Å². The maximum Gasteiger partial charge on any atom is 0.240 e. The maximum absolute atomic E-state index is 13.4. The van der Waals surface area contributed by atoms with Gasteiger partial charge in [-0.05, 0) is 35.4 Å². The van der Waals surface area contributed by atoms with Crippen molar-refractivity contribution < 1.29 is 8.81 Å². The van der Waals surface area contributed by atoms with Gasteiger partial charge in [0, 0.05) is 10.5 Å². The summed E-state index contributed by atoms with van der Waals surface area (Å²) in [6, 6.07) is 12.5. The molecule has 0 aliphatic rings. The van der Waals surface area contributed by atoms with E-state index in [2.05, 4.69) is 26.1 Å². The molecule has 23 heavy (non-hydrogen) atoms. The summed E-state index contributed by atoms with van der Waals surface area (Å²) >= 11 is 9.31. The van der Waals surface area contributed by atoms with Crippen LogP contribution in [0.1, 0.15) is 22.9 Å². The van der Waals surface area contributed by atoms with Gasteiger partial charge in [-0.2, -0.15) is 0 Å². The predicted molar refractivity (Wildman–Crippen MR) is 91.6 cm³/mol. The molecule has 0 saturated carbocycles. The first kappa shape index (κ1) is 15.9. The van der Waals surface area contributed by atoms with Crippen LogP contribution in [0.4, 0.5) is 4.39 Å². The molecule has 0 unspecified atom stereocenters. The fourth-order valence-electron chi connectivity index (χ4n) is 2.04. The number of halogens is 3. The first-order chi connectivity index (χ1) is 11.1. The number of hydrogen-bond acceptors (Lipinski definition) is 3. The zero-order chi connectivity index (χ0) is 16.2. The van der Waals surface area contributed by atoms with Crippen molar-refractivity contribution in [3.8, 4) is 0 Å². The molecular formula is C17H11BrClFN2O. The van der Waals surface area contributed by atoms with Crippen LogP contribution in [0.25, 0.3) is 12.2 Å². The Balaban J connectivity index is 1.74. The van der Waals surface area contributed by atoms with Gasteiger partial charge in [-0.1, -0.05) is 51.8 Å². The quantitative estimate of drug-likeness (QED) is 0.597. The highest BCUT2D eigenvalue weighted by Crippen LogP contribution is 2.22. The van der Waals surface area contributed by atoms with Crippen molar-refractivity contribution in [2.45, 2.75) is 6.42 Å². The van der Waals surface area contributed by atoms with E-state index in [0.29, 0.717) is 23.8 Å². The second-order valence-electron chi connectivity index (χ2n) is 4.82. The van der Waals surface area contributed by atoms with E-state index in [4.69, 9.17) is 16.0 Å². The number of rotatable bonds is 4. The summed E-state index contributed by atoms with van der Waals surface area (Å²) in [5.41, 5.74) is 1.62. The SMILES string of the molecule is Fc1cccc(C=Cc2nnc(Cc3cccc(Br)c3)o2)c1Cl. The Kier molecular flexibility index (Phi) is 4.88. The summed E-state index contributed by atoms with van der Waals surface area (Å²) in [5.74, 6) is 0.387. The molecule has 3 aromatic rings. The van der Waals surface area contributed by atoms with E-state index >= 15 is 0 Å². The van der Waals surface area contributed by atoms with E-state index in [0.717, 1.165) is 10.0 Å². The fraction of sp³-hybridized carbons (Fsp3) is 0.0588. The number of benzene rings is 2. The van der Waals surface area contributed by atoms with Crippen molar-refractivity contribution in [3.05, 3.63) is 80.7 Å². The lowest BCUT2D eigenvalue weighted by Gasteiger charge is -1.98. The molecule has 0 aliphatic heterocycles. The minimum absolute atomic E-state index is 0.0672. The zero-order valence-corrected chi connectivity index (χ0v) is 14.2. The maximum atomic E-state index is 13.4. The Morgan fingerprint density at radius 1 is 1.13 bits per heavy atom. The number of aromatic nitrogens is 2. The summed E-state index contributed by atoms with van der Waals surface area (Å²) in [5, 5.41) is 8.02. The average Bonchev–Trinajstić information content (AvgIpc) is 2.96. The van der Waals surface area contributed by atoms with Crippen molar-refractivity contribution in [2.24, 2.45) is 0 Å². The highest BCUT2D eigenvalue weighted by atomic mass is 79.9. The van der Waals surface area contributed by atoms with E-state index in [9.17, 15) is 4.39 Å². The third-order valence-electron chi connectivity index (χ3n) is 3.11. The third kappa shape index (κ3) is 4.06. The Hall–Kier alpha value is -1.98. The molecule has 1 aromatic heterocycles. The van der Waals surface area contributed by atoms with E-state index < -0.39 is 5.82 Å². The molecule has 0 bridgehead atoms. The highest BCUT2D eigenvalue weighted by Gasteiger charge is 2.06. The first-order valence-corrected chi connectivity index (χ1v) is 7.98. The summed E-state index contributed by atoms with van der Waals surface area (Å²) in [7, 11) is 0. The molecule has 116 valence electrons. The summed E-state index contributed by atoms with van der Waals surface area (Å²) < 4.78 is 19.9. The molecule has 3 rings (SSSR count). The van der Waals surface area contributed by atoms with Crippen LogP contribution < -0.4 is 0 Å². The van der Waals surface area contributed by atoms with Crippen LogP contribution >= 0.6 is 27.5 Å². The van der Waals surface area contributed by atoms with Gasteiger partial charge >= 0.3 is 0 Å². The topological polar surface area (TPSA) is 38.9 Å². The largest absolute Gasteiger partial charge is 0.421 e. The van der Waals surface area contributed by atoms with Crippen LogP contribution in [-0.2, 0) is 6.42 Å². The first-order valence-electron chi connectivity index (χ1n) is 6.81. The van der Waals surface area contributed by atoms with E-state index in [1.807, 2.05) is 24.3 Å². The van der Waals surface area contributed by atoms with Crippen LogP contribution in [-0.4, -0.2) is 10.2 Å². The van der Waals surface area contributed by atoms with Gasteiger partial charge in [-0.15, -0.1) is 10.2 Å². The standard InChI is InChI=1S/C17H11BrClFN2O/c18-13-5-1-3-11(9-13)10-16-22-21-15(23-16)8-7-12-4-2-6-14(20)17(12)19/h1-9H,10H2. The van der Waals surface area contributed by atoms with Crippen LogP contribution in [0.2, 0.25) is 5.02 Å².